The van der Waals surface area contributed by atoms with E-state index in [9.17, 15) is 28.2 Å². The lowest BCUT2D eigenvalue weighted by Gasteiger charge is -2.22. The lowest BCUT2D eigenvalue weighted by atomic mass is 10.0. The van der Waals surface area contributed by atoms with Crippen LogP contribution in [0.3, 0.4) is 0 Å². The number of carbonyl (C=O) groups is 1. The molecule has 0 aliphatic heterocycles. The van der Waals surface area contributed by atoms with Crippen molar-refractivity contribution in [1.82, 2.24) is 19.9 Å². The Bertz CT molecular complexity index is 2020. The number of aliphatic hydroxyl groups is 2. The van der Waals surface area contributed by atoms with E-state index >= 15 is 0 Å². The number of anilines is 3. The minimum absolute atomic E-state index is 0. The van der Waals surface area contributed by atoms with Crippen molar-refractivity contribution < 1.29 is 32.9 Å². The predicted octanol–water partition coefficient (Wildman–Crippen LogP) is 6.99. The summed E-state index contributed by atoms with van der Waals surface area (Å²) in [5.41, 5.74) is 4.18. The van der Waals surface area contributed by atoms with Crippen LogP contribution in [0.25, 0.3) is 20.8 Å². The Hall–Kier alpha value is -4.57. The van der Waals surface area contributed by atoms with Gasteiger partial charge in [-0.2, -0.15) is 4.98 Å². The summed E-state index contributed by atoms with van der Waals surface area (Å²) in [6.45, 7) is 3.62. The van der Waals surface area contributed by atoms with Crippen LogP contribution in [0.5, 0.6) is 5.75 Å². The quantitative estimate of drug-likeness (QED) is 0.101. The number of rotatable bonds is 10. The molecule has 0 spiro atoms. The number of carbonyl (C=O) groups excluding carboxylic acids is 1. The summed E-state index contributed by atoms with van der Waals surface area (Å²) in [5.74, 6) is -0.725. The molecular weight excluding hydrogens is 707 g/mol. The molecule has 16 heteroatoms. The van der Waals surface area contributed by atoms with Crippen LogP contribution >= 0.6 is 23.7 Å². The van der Waals surface area contributed by atoms with E-state index in [4.69, 9.17) is 15.0 Å². The largest absolute Gasteiger partial charge is 0.573 e. The second kappa shape index (κ2) is 14.6. The molecule has 2 saturated carbocycles. The Balaban J connectivity index is 0.00000448. The van der Waals surface area contributed by atoms with E-state index in [-0.39, 0.29) is 30.5 Å². The Morgan fingerprint density at radius 2 is 1.73 bits per heavy atom. The number of hydrogen-bond donors (Lipinski definition) is 5. The summed E-state index contributed by atoms with van der Waals surface area (Å²) in [6, 6.07) is 15.1. The molecule has 51 heavy (non-hydrogen) atoms. The molecule has 2 aromatic carbocycles. The van der Waals surface area contributed by atoms with Crippen LogP contribution in [0.2, 0.25) is 0 Å². The summed E-state index contributed by atoms with van der Waals surface area (Å²) in [6.07, 6.45) is -3.40. The summed E-state index contributed by atoms with van der Waals surface area (Å²) in [7, 11) is 0. The van der Waals surface area contributed by atoms with Gasteiger partial charge in [-0.25, -0.2) is 9.97 Å². The number of aryl methyl sites for hydroxylation is 1. The lowest BCUT2D eigenvalue weighted by molar-refractivity contribution is -0.274. The van der Waals surface area contributed by atoms with Gasteiger partial charge in [-0.05, 0) is 69.0 Å². The van der Waals surface area contributed by atoms with Crippen LogP contribution in [0.15, 0.2) is 66.9 Å². The van der Waals surface area contributed by atoms with E-state index in [2.05, 4.69) is 25.7 Å². The van der Waals surface area contributed by atoms with Crippen molar-refractivity contribution in [3.63, 3.8) is 0 Å². The van der Waals surface area contributed by atoms with Gasteiger partial charge in [-0.3, -0.25) is 9.78 Å². The van der Waals surface area contributed by atoms with Crippen LogP contribution in [-0.2, 0) is 4.79 Å². The van der Waals surface area contributed by atoms with Gasteiger partial charge in [0.15, 0.2) is 0 Å². The first-order valence-electron chi connectivity index (χ1n) is 16.2. The van der Waals surface area contributed by atoms with E-state index in [0.29, 0.717) is 39.3 Å². The number of pyridine rings is 1. The number of nitrogens with one attached hydrogen (secondary N) is 3. The minimum atomic E-state index is -4.80. The second-order valence-electron chi connectivity index (χ2n) is 12.6. The van der Waals surface area contributed by atoms with Gasteiger partial charge in [0.05, 0.1) is 45.8 Å². The number of alkyl halides is 3. The molecule has 11 nitrogen and oxygen atoms in total. The first-order valence-corrected chi connectivity index (χ1v) is 17.0. The molecule has 0 bridgehead atoms. The number of hydrogen-bond acceptors (Lipinski definition) is 11. The van der Waals surface area contributed by atoms with Crippen LogP contribution in [0.1, 0.15) is 55.1 Å². The number of para-hydroxylation sites is 1. The SMILES string of the molecule is Cc1nc(N[C@H](C)c2ccc(OC(F)(F)F)cc2)nc(N[C@@H]2C[C@H](C(=O)Nc3ccccc3)[C@@H](O)[C@H]2O)c1-c1nc2c(C3CC3)nccc2s1.Cl. The van der Waals surface area contributed by atoms with E-state index in [0.717, 1.165) is 28.8 Å². The van der Waals surface area contributed by atoms with Gasteiger partial charge in [-0.1, -0.05) is 30.3 Å². The highest BCUT2D eigenvalue weighted by Gasteiger charge is 2.45. The van der Waals surface area contributed by atoms with Gasteiger partial charge in [0.2, 0.25) is 11.9 Å². The van der Waals surface area contributed by atoms with E-state index in [1.807, 2.05) is 26.0 Å². The first kappa shape index (κ1) is 36.2. The first-order chi connectivity index (χ1) is 23.9. The third-order valence-corrected chi connectivity index (χ3v) is 9.98. The third-order valence-electron chi connectivity index (χ3n) is 8.95. The fourth-order valence-electron chi connectivity index (χ4n) is 6.24. The fraction of sp³-hybridized carbons (Fsp3) is 0.343. The predicted molar refractivity (Wildman–Crippen MR) is 190 cm³/mol. The average Bonchev–Trinajstić information content (AvgIpc) is 3.77. The zero-order chi connectivity index (χ0) is 35.2. The van der Waals surface area contributed by atoms with Gasteiger partial charge in [0.25, 0.3) is 0 Å². The Morgan fingerprint density at radius 1 is 1.00 bits per heavy atom. The highest BCUT2D eigenvalue weighted by atomic mass is 35.5. The maximum absolute atomic E-state index is 13.2. The summed E-state index contributed by atoms with van der Waals surface area (Å²) in [5, 5.41) is 32.1. The van der Waals surface area contributed by atoms with Crippen LogP contribution in [0, 0.1) is 12.8 Å². The van der Waals surface area contributed by atoms with Crippen molar-refractivity contribution in [3.05, 3.63) is 83.8 Å². The Morgan fingerprint density at radius 3 is 2.41 bits per heavy atom. The number of benzene rings is 2. The van der Waals surface area contributed by atoms with Crippen LogP contribution in [-0.4, -0.2) is 60.7 Å². The van der Waals surface area contributed by atoms with Crippen molar-refractivity contribution in [2.24, 2.45) is 5.92 Å². The Kier molecular flexibility index (Phi) is 10.4. The van der Waals surface area contributed by atoms with Crippen LogP contribution < -0.4 is 20.7 Å². The van der Waals surface area contributed by atoms with Crippen molar-refractivity contribution in [2.75, 3.05) is 16.0 Å². The van der Waals surface area contributed by atoms with E-state index in [1.165, 1.54) is 35.6 Å². The molecule has 3 heterocycles. The molecule has 5 aromatic rings. The molecule has 0 saturated heterocycles. The monoisotopic (exact) mass is 741 g/mol. The molecule has 0 unspecified atom stereocenters. The third kappa shape index (κ3) is 8.01. The molecule has 5 atom stereocenters. The van der Waals surface area contributed by atoms with Crippen molar-refractivity contribution >= 4 is 57.3 Å². The second-order valence-corrected chi connectivity index (χ2v) is 13.6. The highest BCUT2D eigenvalue weighted by Crippen LogP contribution is 2.45. The lowest BCUT2D eigenvalue weighted by Crippen LogP contribution is -2.37. The molecular formula is C35H35ClF3N7O4S. The molecule has 2 aliphatic rings. The van der Waals surface area contributed by atoms with E-state index < -0.39 is 42.5 Å². The van der Waals surface area contributed by atoms with Crippen molar-refractivity contribution in [3.8, 4) is 16.3 Å². The summed E-state index contributed by atoms with van der Waals surface area (Å²) < 4.78 is 42.9. The van der Waals surface area contributed by atoms with Crippen LogP contribution in [0.4, 0.5) is 30.6 Å². The number of fused-ring (bicyclic) bond motifs is 1. The molecule has 5 N–H and O–H groups in total. The number of nitrogens with zero attached hydrogens (tertiary/aromatic N) is 4. The number of halogens is 4. The molecule has 2 aliphatic carbocycles. The molecule has 2 fully saturated rings. The smallest absolute Gasteiger partial charge is 0.406 e. The Labute approximate surface area is 301 Å². The number of aromatic nitrogens is 4. The topological polar surface area (TPSA) is 154 Å². The van der Waals surface area contributed by atoms with E-state index in [1.54, 1.807) is 30.5 Å². The highest BCUT2D eigenvalue weighted by molar-refractivity contribution is 7.21. The van der Waals surface area contributed by atoms with Crippen molar-refractivity contribution in [1.29, 1.82) is 0 Å². The number of amides is 1. The van der Waals surface area contributed by atoms with Gasteiger partial charge in [0.1, 0.15) is 28.2 Å². The standard InChI is InChI=1S/C35H34F3N7O4S.ClH/c1-17(19-10-12-22(13-11-19)49-35(36,37)38)40-34-41-18(2)26(33-44-28-25(50-33)14-15-39-27(28)20-8-9-20)31(45-34)43-24-16-23(29(46)30(24)47)32(48)42-21-6-4-3-5-7-21;/h3-7,10-15,17,20,23-24,29-30,46-47H,8-9,16H2,1-2H3,(H,42,48)(H2,40,41,43,45);1H/t17-,23+,24-,29-,30+;/m1./s1. The van der Waals surface area contributed by atoms with Gasteiger partial charge in [-0.15, -0.1) is 36.9 Å². The molecule has 1 amide bonds. The zero-order valence-corrected chi connectivity index (χ0v) is 29.0. The molecule has 268 valence electrons. The van der Waals surface area contributed by atoms with Gasteiger partial charge < -0.3 is 30.9 Å². The van der Waals surface area contributed by atoms with Gasteiger partial charge in [0, 0.05) is 17.8 Å². The molecule has 3 aromatic heterocycles. The summed E-state index contributed by atoms with van der Waals surface area (Å²) in [4.78, 5) is 32.3. The maximum atomic E-state index is 13.2. The minimum Gasteiger partial charge on any atom is -0.406 e. The molecule has 7 rings (SSSR count). The van der Waals surface area contributed by atoms with Crippen molar-refractivity contribution in [2.45, 2.75) is 69.7 Å². The normalized spacial score (nSPS) is 20.8. The zero-order valence-electron chi connectivity index (χ0n) is 27.4. The fourth-order valence-corrected chi connectivity index (χ4v) is 7.30. The number of thiazole rings is 1. The average molecular weight is 742 g/mol. The van der Waals surface area contributed by atoms with Gasteiger partial charge >= 0.3 is 6.36 Å². The summed E-state index contributed by atoms with van der Waals surface area (Å²) >= 11 is 1.47. The number of aliphatic hydroxyl groups excluding tert-OH is 2. The molecule has 0 radical (unpaired) electrons. The maximum Gasteiger partial charge on any atom is 0.573 e. The number of ether oxygens (including phenoxy) is 1.